The van der Waals surface area contributed by atoms with Gasteiger partial charge in [0.15, 0.2) is 0 Å². The van der Waals surface area contributed by atoms with E-state index >= 15 is 0 Å². The number of hydrogen-bond acceptors (Lipinski definition) is 1. The van der Waals surface area contributed by atoms with Gasteiger partial charge in [-0.2, -0.15) is 0 Å². The molecule has 2 saturated heterocycles. The molecule has 2 heterocycles. The molecule has 5 heteroatoms. The van der Waals surface area contributed by atoms with Crippen LogP contribution in [0.5, 0.6) is 0 Å². The minimum atomic E-state index is -2.62. The Morgan fingerprint density at radius 2 is 1.15 bits per heavy atom. The smallest absolute Gasteiger partial charge is 0.271 e. The molecule has 0 aromatic heterocycles. The van der Waals surface area contributed by atoms with E-state index in [-0.39, 0.29) is 0 Å². The third kappa shape index (κ3) is 1.82. The molecule has 0 aliphatic carbocycles. The molecule has 0 aromatic rings. The molecule has 13 heavy (non-hydrogen) atoms. The van der Waals surface area contributed by atoms with Crippen molar-refractivity contribution in [3.8, 4) is 0 Å². The number of nitrogens with zero attached hydrogens (tertiary/aromatic N) is 2. The topological polar surface area (TPSA) is 49.6 Å². The van der Waals surface area contributed by atoms with Crippen molar-refractivity contribution in [2.24, 2.45) is 5.50 Å². The van der Waals surface area contributed by atoms with Crippen molar-refractivity contribution >= 4 is 7.59 Å². The lowest BCUT2D eigenvalue weighted by Crippen LogP contribution is -2.32. The maximum atomic E-state index is 12.2. The van der Waals surface area contributed by atoms with Gasteiger partial charge < -0.3 is 0 Å². The fraction of sp³-hybridized carbons (Fsp3) is 1.00. The largest absolute Gasteiger partial charge is 0.281 e. The van der Waals surface area contributed by atoms with Gasteiger partial charge in [0.25, 0.3) is 7.59 Å². The first kappa shape index (κ1) is 9.66. The summed E-state index contributed by atoms with van der Waals surface area (Å²) in [6.07, 6.45) is 4.59. The van der Waals surface area contributed by atoms with E-state index in [0.29, 0.717) is 0 Å². The van der Waals surface area contributed by atoms with Gasteiger partial charge in [0.2, 0.25) is 0 Å². The van der Waals surface area contributed by atoms with E-state index in [9.17, 15) is 4.57 Å². The van der Waals surface area contributed by atoms with Gasteiger partial charge >= 0.3 is 0 Å². The van der Waals surface area contributed by atoms with Crippen molar-refractivity contribution < 1.29 is 4.57 Å². The van der Waals surface area contributed by atoms with E-state index in [0.717, 1.165) is 51.9 Å². The van der Waals surface area contributed by atoms with Gasteiger partial charge in [0.05, 0.1) is 0 Å². The quantitative estimate of drug-likeness (QED) is 0.686. The van der Waals surface area contributed by atoms with Gasteiger partial charge in [0, 0.05) is 26.2 Å². The Hall–Kier alpha value is 0.110. The van der Waals surface area contributed by atoms with E-state index in [2.05, 4.69) is 0 Å². The molecule has 2 aliphatic heterocycles. The third-order valence-electron chi connectivity index (χ3n) is 2.98. The summed E-state index contributed by atoms with van der Waals surface area (Å²) in [5, 5.41) is 0. The molecule has 0 unspecified atom stereocenters. The summed E-state index contributed by atoms with van der Waals surface area (Å²) in [6.45, 7) is 3.68. The van der Waals surface area contributed by atoms with Gasteiger partial charge in [0.1, 0.15) is 0 Å². The molecule has 0 bridgehead atoms. The first-order valence-corrected chi connectivity index (χ1v) is 6.79. The molecule has 0 radical (unpaired) electrons. The van der Waals surface area contributed by atoms with Crippen LogP contribution in [0.1, 0.15) is 25.7 Å². The van der Waals surface area contributed by atoms with Crippen molar-refractivity contribution in [3.63, 3.8) is 0 Å². The first-order chi connectivity index (χ1) is 6.21. The maximum Gasteiger partial charge on any atom is 0.281 e. The maximum absolute atomic E-state index is 12.2. The van der Waals surface area contributed by atoms with Crippen LogP contribution in [0.2, 0.25) is 0 Å². The van der Waals surface area contributed by atoms with Crippen molar-refractivity contribution in [1.82, 2.24) is 9.34 Å². The first-order valence-electron chi connectivity index (χ1n) is 5.11. The molecule has 0 spiro atoms. The second kappa shape index (κ2) is 3.70. The molecular formula is C8H18N3OP. The zero-order valence-electron chi connectivity index (χ0n) is 7.98. The lowest BCUT2D eigenvalue weighted by molar-refractivity contribution is 0.394. The van der Waals surface area contributed by atoms with Crippen LogP contribution in [0.3, 0.4) is 0 Å². The third-order valence-corrected chi connectivity index (χ3v) is 5.40. The average Bonchev–Trinajstić information content (AvgIpc) is 2.78. The highest BCUT2D eigenvalue weighted by Crippen LogP contribution is 2.48. The van der Waals surface area contributed by atoms with Crippen LogP contribution in [0, 0.1) is 0 Å². The summed E-state index contributed by atoms with van der Waals surface area (Å²) in [4.78, 5) is 0. The Bertz CT molecular complexity index is 201. The van der Waals surface area contributed by atoms with Crippen molar-refractivity contribution in [2.75, 3.05) is 26.2 Å². The molecule has 76 valence electrons. The predicted octanol–water partition coefficient (Wildman–Crippen LogP) is 1.24. The minimum Gasteiger partial charge on any atom is -0.271 e. The number of hydrogen-bond donors (Lipinski definition) is 1. The Balaban J connectivity index is 2.04. The van der Waals surface area contributed by atoms with Crippen molar-refractivity contribution in [1.29, 1.82) is 0 Å². The van der Waals surface area contributed by atoms with Crippen LogP contribution in [-0.4, -0.2) is 35.5 Å². The van der Waals surface area contributed by atoms with Gasteiger partial charge in [-0.05, 0) is 25.7 Å². The lowest BCUT2D eigenvalue weighted by Gasteiger charge is -2.30. The van der Waals surface area contributed by atoms with E-state index in [1.165, 1.54) is 0 Å². The van der Waals surface area contributed by atoms with Crippen LogP contribution in [-0.2, 0) is 4.57 Å². The predicted molar refractivity (Wildman–Crippen MR) is 53.4 cm³/mol. The van der Waals surface area contributed by atoms with Crippen molar-refractivity contribution in [2.45, 2.75) is 25.7 Å². The molecule has 0 atom stereocenters. The monoisotopic (exact) mass is 203 g/mol. The van der Waals surface area contributed by atoms with E-state index in [1.54, 1.807) is 0 Å². The van der Waals surface area contributed by atoms with Crippen molar-refractivity contribution in [3.05, 3.63) is 0 Å². The van der Waals surface area contributed by atoms with Crippen LogP contribution in [0.4, 0.5) is 0 Å². The molecule has 0 saturated carbocycles. The van der Waals surface area contributed by atoms with E-state index in [4.69, 9.17) is 5.50 Å². The summed E-state index contributed by atoms with van der Waals surface area (Å²) in [5.74, 6) is 0. The summed E-state index contributed by atoms with van der Waals surface area (Å²) >= 11 is 0. The van der Waals surface area contributed by atoms with Gasteiger partial charge in [-0.3, -0.25) is 10.1 Å². The Morgan fingerprint density at radius 1 is 0.846 bits per heavy atom. The number of nitrogens with two attached hydrogens (primary N) is 1. The van der Waals surface area contributed by atoms with Crippen LogP contribution in [0.15, 0.2) is 0 Å². The minimum absolute atomic E-state index is 0.921. The molecule has 2 aliphatic rings. The SMILES string of the molecule is NP(=O)(N1CCCC1)N1CCCC1. The second-order valence-corrected chi connectivity index (χ2v) is 6.22. The van der Waals surface area contributed by atoms with Crippen LogP contribution in [0.25, 0.3) is 0 Å². The molecule has 4 nitrogen and oxygen atoms in total. The number of rotatable bonds is 2. The van der Waals surface area contributed by atoms with E-state index in [1.807, 2.05) is 9.34 Å². The summed E-state index contributed by atoms with van der Waals surface area (Å²) in [5.41, 5.74) is 5.93. The molecule has 0 amide bonds. The second-order valence-electron chi connectivity index (χ2n) is 3.91. The molecule has 0 aromatic carbocycles. The molecule has 2 fully saturated rings. The fourth-order valence-corrected chi connectivity index (χ4v) is 4.22. The lowest BCUT2D eigenvalue weighted by atomic mass is 10.4. The van der Waals surface area contributed by atoms with Gasteiger partial charge in [-0.1, -0.05) is 0 Å². The van der Waals surface area contributed by atoms with Crippen LogP contribution >= 0.6 is 7.59 Å². The summed E-state index contributed by atoms with van der Waals surface area (Å²) < 4.78 is 16.2. The zero-order valence-corrected chi connectivity index (χ0v) is 8.88. The zero-order chi connectivity index (χ0) is 9.31. The summed E-state index contributed by atoms with van der Waals surface area (Å²) in [7, 11) is -2.62. The Morgan fingerprint density at radius 3 is 1.46 bits per heavy atom. The van der Waals surface area contributed by atoms with E-state index < -0.39 is 7.59 Å². The molecular weight excluding hydrogens is 185 g/mol. The highest BCUT2D eigenvalue weighted by atomic mass is 31.2. The van der Waals surface area contributed by atoms with Gasteiger partial charge in [-0.15, -0.1) is 0 Å². The normalized spacial score (nSPS) is 27.2. The highest BCUT2D eigenvalue weighted by molar-refractivity contribution is 7.56. The molecule has 2 N–H and O–H groups in total. The average molecular weight is 203 g/mol. The summed E-state index contributed by atoms with van der Waals surface area (Å²) in [6, 6.07) is 0. The highest BCUT2D eigenvalue weighted by Gasteiger charge is 2.36. The Kier molecular flexibility index (Phi) is 2.75. The molecule has 2 rings (SSSR count). The fourth-order valence-electron chi connectivity index (χ4n) is 2.15. The standard InChI is InChI=1S/C8H18N3OP/c9-13(12,10-5-1-2-6-10)11-7-3-4-8-11/h1-8H2,(H2,9,12). The van der Waals surface area contributed by atoms with Crippen LogP contribution < -0.4 is 5.50 Å². The Labute approximate surface area is 79.6 Å². The van der Waals surface area contributed by atoms with Gasteiger partial charge in [-0.25, -0.2) is 9.34 Å².